The van der Waals surface area contributed by atoms with Gasteiger partial charge in [-0.2, -0.15) is 0 Å². The Bertz CT molecular complexity index is 1110. The lowest BCUT2D eigenvalue weighted by Crippen LogP contribution is -2.17. The predicted molar refractivity (Wildman–Crippen MR) is 117 cm³/mol. The Morgan fingerprint density at radius 2 is 1.39 bits per heavy atom. The van der Waals surface area contributed by atoms with Gasteiger partial charge in [0.05, 0.1) is 22.2 Å². The van der Waals surface area contributed by atoms with Crippen LogP contribution < -0.4 is 0 Å². The number of furan rings is 1. The Labute approximate surface area is 184 Å². The van der Waals surface area contributed by atoms with E-state index in [1.54, 1.807) is 12.3 Å². The number of carbonyl (C=O) groups is 1. The molecule has 0 spiro atoms. The van der Waals surface area contributed by atoms with E-state index in [0.29, 0.717) is 21.9 Å². The van der Waals surface area contributed by atoms with E-state index < -0.39 is 7.25 Å². The number of hydrogen-bond acceptors (Lipinski definition) is 2. The van der Waals surface area contributed by atoms with E-state index in [4.69, 9.17) is 16.0 Å². The minimum absolute atomic E-state index is 0.0750. The van der Waals surface area contributed by atoms with E-state index in [2.05, 4.69) is 24.3 Å². The zero-order valence-corrected chi connectivity index (χ0v) is 17.6. The molecule has 0 bridgehead atoms. The summed E-state index contributed by atoms with van der Waals surface area (Å²) in [7, 11) is -6.33. The highest BCUT2D eigenvalue weighted by molar-refractivity contribution is 7.97. The molecule has 2 nitrogen and oxygen atoms in total. The molecule has 0 fully saturated rings. The molecule has 0 aliphatic carbocycles. The summed E-state index contributed by atoms with van der Waals surface area (Å²) in [4.78, 5) is 15.3. The van der Waals surface area contributed by atoms with Gasteiger partial charge in [0, 0.05) is 10.9 Å². The van der Waals surface area contributed by atoms with Gasteiger partial charge in [0.25, 0.3) is 0 Å². The maximum Gasteiger partial charge on any atom is 0.673 e. The molecule has 160 valence electrons. The molecule has 0 unspecified atom stereocenters. The molecular formula is C22H16BClF4O2S. The van der Waals surface area contributed by atoms with Crippen LogP contribution in [-0.2, 0) is 10.9 Å². The number of Topliss-reactive ketones (excluding diaryl/α,β-unsaturated/α-hetero) is 1. The Morgan fingerprint density at radius 3 is 1.90 bits per heavy atom. The van der Waals surface area contributed by atoms with Gasteiger partial charge in [-0.05, 0) is 42.5 Å². The normalized spacial score (nSPS) is 11.3. The fraction of sp³-hybridized carbons (Fsp3) is 0.0455. The molecule has 0 aliphatic heterocycles. The Kier molecular flexibility index (Phi) is 7.46. The van der Waals surface area contributed by atoms with E-state index in [0.717, 1.165) is 15.2 Å². The average molecular weight is 467 g/mol. The summed E-state index contributed by atoms with van der Waals surface area (Å²) in [5.41, 5.74) is 1.24. The quantitative estimate of drug-likeness (QED) is 0.134. The topological polar surface area (TPSA) is 30.2 Å². The van der Waals surface area contributed by atoms with Crippen molar-refractivity contribution >= 4 is 46.5 Å². The molecule has 0 N–H and O–H groups in total. The van der Waals surface area contributed by atoms with Gasteiger partial charge >= 0.3 is 7.25 Å². The standard InChI is InChI=1S/C22H16ClO2S.BF4/c23-20-14-17(13-16-11-12-25-22(16)20)21(24)15-26(18-7-3-1-4-8-18)19-9-5-2-6-10-19;2-1(3,4)5/h1-14H,15H2;/q+1;-1. The van der Waals surface area contributed by atoms with Crippen molar-refractivity contribution in [3.8, 4) is 0 Å². The molecule has 3 aromatic carbocycles. The van der Waals surface area contributed by atoms with Crippen LogP contribution in [0.25, 0.3) is 11.0 Å². The van der Waals surface area contributed by atoms with E-state index in [1.807, 2.05) is 48.5 Å². The van der Waals surface area contributed by atoms with Crippen molar-refractivity contribution in [2.24, 2.45) is 0 Å². The maximum absolute atomic E-state index is 13.0. The van der Waals surface area contributed by atoms with E-state index in [-0.39, 0.29) is 16.7 Å². The van der Waals surface area contributed by atoms with Crippen LogP contribution in [0.2, 0.25) is 5.02 Å². The van der Waals surface area contributed by atoms with Gasteiger partial charge in [0.15, 0.2) is 21.1 Å². The minimum atomic E-state index is -6.00. The van der Waals surface area contributed by atoms with Crippen LogP contribution in [0.4, 0.5) is 17.3 Å². The van der Waals surface area contributed by atoms with Gasteiger partial charge in [-0.1, -0.05) is 48.0 Å². The smallest absolute Gasteiger partial charge is 0.463 e. The summed E-state index contributed by atoms with van der Waals surface area (Å²) in [5.74, 6) is 0.485. The summed E-state index contributed by atoms with van der Waals surface area (Å²) in [6, 6.07) is 25.7. The lowest BCUT2D eigenvalue weighted by molar-refractivity contribution is 0.102. The molecule has 0 atom stereocenters. The molecule has 1 aromatic heterocycles. The number of fused-ring (bicyclic) bond motifs is 1. The van der Waals surface area contributed by atoms with Gasteiger partial charge in [0.1, 0.15) is 0 Å². The fourth-order valence-corrected chi connectivity index (χ4v) is 5.16. The number of ketones is 1. The number of hydrogen-bond donors (Lipinski definition) is 0. The van der Waals surface area contributed by atoms with Crippen LogP contribution in [0, 0.1) is 0 Å². The molecule has 4 rings (SSSR count). The van der Waals surface area contributed by atoms with E-state index in [1.165, 1.54) is 0 Å². The van der Waals surface area contributed by atoms with Crippen LogP contribution in [-0.4, -0.2) is 18.8 Å². The van der Waals surface area contributed by atoms with Crippen molar-refractivity contribution in [3.05, 3.63) is 95.7 Å². The van der Waals surface area contributed by atoms with Gasteiger partial charge in [0.2, 0.25) is 5.78 Å². The Morgan fingerprint density at radius 1 is 0.871 bits per heavy atom. The second-order valence-corrected chi connectivity index (χ2v) is 8.80. The third-order valence-corrected chi connectivity index (χ3v) is 6.67. The lowest BCUT2D eigenvalue weighted by Gasteiger charge is -2.08. The number of carbonyl (C=O) groups excluding carboxylic acids is 1. The van der Waals surface area contributed by atoms with Gasteiger partial charge < -0.3 is 21.7 Å². The summed E-state index contributed by atoms with van der Waals surface area (Å²) < 4.78 is 44.4. The molecule has 9 heteroatoms. The van der Waals surface area contributed by atoms with Crippen LogP contribution >= 0.6 is 11.6 Å². The van der Waals surface area contributed by atoms with Gasteiger partial charge in [-0.3, -0.25) is 4.79 Å². The molecule has 0 saturated carbocycles. The summed E-state index contributed by atoms with van der Waals surface area (Å²) in [5, 5.41) is 1.32. The summed E-state index contributed by atoms with van der Waals surface area (Å²) >= 11 is 6.27. The van der Waals surface area contributed by atoms with Crippen LogP contribution in [0.15, 0.2) is 99.3 Å². The first-order valence-corrected chi connectivity index (χ1v) is 10.9. The molecule has 1 heterocycles. The SMILES string of the molecule is F[B-](F)(F)F.O=C(C[S+](c1ccccc1)c1ccccc1)c1cc(Cl)c2occc2c1. The van der Waals surface area contributed by atoms with Crippen molar-refractivity contribution in [3.63, 3.8) is 0 Å². The first-order valence-electron chi connectivity index (χ1n) is 9.10. The van der Waals surface area contributed by atoms with Crippen LogP contribution in [0.1, 0.15) is 10.4 Å². The second-order valence-electron chi connectivity index (χ2n) is 6.38. The minimum Gasteiger partial charge on any atom is -0.463 e. The fourth-order valence-electron chi connectivity index (χ4n) is 2.89. The number of halogens is 5. The monoisotopic (exact) mass is 466 g/mol. The Balaban J connectivity index is 0.000000491. The van der Waals surface area contributed by atoms with Gasteiger partial charge in [-0.25, -0.2) is 0 Å². The zero-order chi connectivity index (χ0) is 22.4. The molecule has 0 radical (unpaired) electrons. The first-order chi connectivity index (χ1) is 14.7. The maximum atomic E-state index is 13.0. The first kappa shape index (κ1) is 23.0. The highest BCUT2D eigenvalue weighted by Crippen LogP contribution is 2.29. The van der Waals surface area contributed by atoms with Gasteiger partial charge in [-0.15, -0.1) is 0 Å². The molecule has 0 saturated heterocycles. The predicted octanol–water partition coefficient (Wildman–Crippen LogP) is 7.31. The van der Waals surface area contributed by atoms with Crippen molar-refractivity contribution in [2.45, 2.75) is 9.79 Å². The second kappa shape index (κ2) is 10.1. The molecule has 4 aromatic rings. The van der Waals surface area contributed by atoms with Crippen molar-refractivity contribution in [1.29, 1.82) is 0 Å². The Hall–Kier alpha value is -2.71. The van der Waals surface area contributed by atoms with Crippen molar-refractivity contribution in [2.75, 3.05) is 5.75 Å². The summed E-state index contributed by atoms with van der Waals surface area (Å²) in [6.45, 7) is 0. The average Bonchev–Trinajstić information content (AvgIpc) is 3.21. The van der Waals surface area contributed by atoms with E-state index in [9.17, 15) is 22.1 Å². The summed E-state index contributed by atoms with van der Waals surface area (Å²) in [6.07, 6.45) is 1.59. The number of benzene rings is 3. The van der Waals surface area contributed by atoms with Crippen molar-refractivity contribution < 1.29 is 26.5 Å². The van der Waals surface area contributed by atoms with Crippen LogP contribution in [0.5, 0.6) is 0 Å². The third kappa shape index (κ3) is 6.64. The lowest BCUT2D eigenvalue weighted by atomic mass is 10.1. The third-order valence-electron chi connectivity index (χ3n) is 4.16. The zero-order valence-electron chi connectivity index (χ0n) is 16.0. The van der Waals surface area contributed by atoms with Crippen molar-refractivity contribution in [1.82, 2.24) is 0 Å². The van der Waals surface area contributed by atoms with Crippen LogP contribution in [0.3, 0.4) is 0 Å². The largest absolute Gasteiger partial charge is 0.673 e. The number of rotatable bonds is 5. The molecular weight excluding hydrogens is 451 g/mol. The molecule has 0 amide bonds. The molecule has 0 aliphatic rings. The van der Waals surface area contributed by atoms with E-state index >= 15 is 0 Å². The highest BCUT2D eigenvalue weighted by atomic mass is 35.5. The molecule has 31 heavy (non-hydrogen) atoms. The highest BCUT2D eigenvalue weighted by Gasteiger charge is 2.29.